The Hall–Kier alpha value is -2.42. The van der Waals surface area contributed by atoms with Crippen LogP contribution in [0.15, 0.2) is 54.9 Å². The first-order chi connectivity index (χ1) is 12.7. The monoisotopic (exact) mass is 459 g/mol. The van der Waals surface area contributed by atoms with Gasteiger partial charge in [-0.25, -0.2) is 4.98 Å². The minimum atomic E-state index is -0.177. The van der Waals surface area contributed by atoms with Crippen molar-refractivity contribution in [3.05, 3.63) is 60.4 Å². The number of amides is 1. The minimum Gasteiger partial charge on any atom is -0.355 e. The van der Waals surface area contributed by atoms with Crippen molar-refractivity contribution >= 4 is 40.0 Å². The minimum absolute atomic E-state index is 0.177. The molecule has 1 aliphatic rings. The van der Waals surface area contributed by atoms with Crippen LogP contribution in [0.3, 0.4) is 0 Å². The average Bonchev–Trinajstić information content (AvgIpc) is 3.34. The van der Waals surface area contributed by atoms with E-state index >= 15 is 0 Å². The van der Waals surface area contributed by atoms with E-state index in [-0.39, 0.29) is 5.91 Å². The van der Waals surface area contributed by atoms with Gasteiger partial charge in [0.25, 0.3) is 5.91 Å². The molecule has 6 nitrogen and oxygen atoms in total. The van der Waals surface area contributed by atoms with E-state index in [0.29, 0.717) is 9.49 Å². The highest BCUT2D eigenvalue weighted by atomic mass is 127. The lowest BCUT2D eigenvalue weighted by atomic mass is 10.1. The van der Waals surface area contributed by atoms with Gasteiger partial charge in [-0.05, 0) is 30.7 Å². The summed E-state index contributed by atoms with van der Waals surface area (Å²) in [7, 11) is 0. The third-order valence-corrected chi connectivity index (χ3v) is 5.40. The van der Waals surface area contributed by atoms with E-state index < -0.39 is 0 Å². The molecule has 1 aliphatic heterocycles. The second-order valence-electron chi connectivity index (χ2n) is 6.22. The van der Waals surface area contributed by atoms with Gasteiger partial charge in [-0.2, -0.15) is 5.10 Å². The molecule has 132 valence electrons. The van der Waals surface area contributed by atoms with Gasteiger partial charge >= 0.3 is 0 Å². The Morgan fingerprint density at radius 1 is 1.27 bits per heavy atom. The second-order valence-corrected chi connectivity index (χ2v) is 7.98. The van der Waals surface area contributed by atoms with E-state index in [0.717, 1.165) is 42.3 Å². The van der Waals surface area contributed by atoms with Gasteiger partial charge in [-0.3, -0.25) is 9.89 Å². The Balaban J connectivity index is 1.67. The summed E-state index contributed by atoms with van der Waals surface area (Å²) in [6, 6.07) is 13.2. The summed E-state index contributed by atoms with van der Waals surface area (Å²) in [5, 5.41) is 9.95. The molecule has 0 saturated carbocycles. The molecule has 1 amide bonds. The van der Waals surface area contributed by atoms with Gasteiger partial charge in [0.1, 0.15) is 5.82 Å². The number of carbonyl (C=O) groups is 1. The molecule has 1 aromatic carbocycles. The third kappa shape index (κ3) is 3.57. The molecule has 4 rings (SSSR count). The number of nitrogens with one attached hydrogen (secondary N) is 2. The number of benzene rings is 1. The summed E-state index contributed by atoms with van der Waals surface area (Å²) in [6.45, 7) is 1.93. The first kappa shape index (κ1) is 17.0. The van der Waals surface area contributed by atoms with E-state index in [9.17, 15) is 4.79 Å². The van der Waals surface area contributed by atoms with E-state index in [4.69, 9.17) is 0 Å². The van der Waals surface area contributed by atoms with Crippen molar-refractivity contribution in [1.82, 2.24) is 15.2 Å². The van der Waals surface area contributed by atoms with Gasteiger partial charge in [0.15, 0.2) is 0 Å². The van der Waals surface area contributed by atoms with Crippen LogP contribution in [0.25, 0.3) is 11.3 Å². The van der Waals surface area contributed by atoms with Crippen LogP contribution in [-0.2, 0) is 0 Å². The largest absolute Gasteiger partial charge is 0.355 e. The van der Waals surface area contributed by atoms with Crippen LogP contribution in [-0.4, -0.2) is 38.1 Å². The third-order valence-electron chi connectivity index (χ3n) is 4.38. The molecule has 0 aliphatic carbocycles. The number of carbonyl (C=O) groups excluding carboxylic acids is 1. The van der Waals surface area contributed by atoms with Crippen molar-refractivity contribution in [3.8, 4) is 11.3 Å². The molecule has 7 heteroatoms. The maximum Gasteiger partial charge on any atom is 0.257 e. The molecule has 2 N–H and O–H groups in total. The number of hydrogen-bond acceptors (Lipinski definition) is 4. The summed E-state index contributed by atoms with van der Waals surface area (Å²) >= 11 is 2.48. The SMILES string of the molecule is O=C(Nc1ccccc1)c1cnc(N2CCC(I)C2)c(-c2ccn[nH]2)c1. The second kappa shape index (κ2) is 7.45. The van der Waals surface area contributed by atoms with Crippen LogP contribution < -0.4 is 10.2 Å². The molecule has 2 aromatic heterocycles. The molecule has 0 radical (unpaired) electrons. The van der Waals surface area contributed by atoms with Crippen molar-refractivity contribution in [2.24, 2.45) is 0 Å². The molecular formula is C19H18IN5O. The molecular weight excluding hydrogens is 441 g/mol. The smallest absolute Gasteiger partial charge is 0.257 e. The van der Waals surface area contributed by atoms with Crippen LogP contribution in [0.4, 0.5) is 11.5 Å². The first-order valence-electron chi connectivity index (χ1n) is 8.46. The number of para-hydroxylation sites is 1. The van der Waals surface area contributed by atoms with Gasteiger partial charge in [0.2, 0.25) is 0 Å². The Morgan fingerprint density at radius 3 is 2.81 bits per heavy atom. The number of anilines is 2. The highest BCUT2D eigenvalue weighted by Crippen LogP contribution is 2.32. The van der Waals surface area contributed by atoms with Crippen molar-refractivity contribution in [2.45, 2.75) is 10.3 Å². The lowest BCUT2D eigenvalue weighted by Gasteiger charge is -2.20. The number of pyridine rings is 1. The van der Waals surface area contributed by atoms with Gasteiger partial charge in [0.05, 0.1) is 11.3 Å². The number of hydrogen-bond donors (Lipinski definition) is 2. The average molecular weight is 459 g/mol. The van der Waals surface area contributed by atoms with Crippen LogP contribution in [0, 0.1) is 0 Å². The molecule has 3 heterocycles. The molecule has 1 fully saturated rings. The summed E-state index contributed by atoms with van der Waals surface area (Å²) in [5.74, 6) is 0.717. The Labute approximate surface area is 165 Å². The summed E-state index contributed by atoms with van der Waals surface area (Å²) < 4.78 is 0.616. The molecule has 3 aromatic rings. The fourth-order valence-corrected chi connectivity index (χ4v) is 3.83. The fraction of sp³-hybridized carbons (Fsp3) is 0.211. The predicted octanol–water partition coefficient (Wildman–Crippen LogP) is 3.74. The van der Waals surface area contributed by atoms with Gasteiger partial charge in [-0.15, -0.1) is 0 Å². The normalized spacial score (nSPS) is 16.7. The zero-order chi connectivity index (χ0) is 17.9. The van der Waals surface area contributed by atoms with Crippen LogP contribution in [0.5, 0.6) is 0 Å². The number of H-pyrrole nitrogens is 1. The van der Waals surface area contributed by atoms with Crippen LogP contribution in [0.2, 0.25) is 0 Å². The molecule has 1 saturated heterocycles. The number of rotatable bonds is 4. The predicted molar refractivity (Wildman–Crippen MR) is 111 cm³/mol. The topological polar surface area (TPSA) is 73.9 Å². The molecule has 1 unspecified atom stereocenters. The highest BCUT2D eigenvalue weighted by Gasteiger charge is 2.25. The maximum atomic E-state index is 12.6. The van der Waals surface area contributed by atoms with Crippen molar-refractivity contribution in [1.29, 1.82) is 0 Å². The van der Waals surface area contributed by atoms with Crippen molar-refractivity contribution in [3.63, 3.8) is 0 Å². The highest BCUT2D eigenvalue weighted by molar-refractivity contribution is 14.1. The Kier molecular flexibility index (Phi) is 4.87. The first-order valence-corrected chi connectivity index (χ1v) is 9.70. The van der Waals surface area contributed by atoms with Crippen LogP contribution in [0.1, 0.15) is 16.8 Å². The zero-order valence-corrected chi connectivity index (χ0v) is 16.2. The van der Waals surface area contributed by atoms with E-state index in [1.807, 2.05) is 42.5 Å². The molecule has 0 spiro atoms. The summed E-state index contributed by atoms with van der Waals surface area (Å²) in [5.41, 5.74) is 3.04. The Morgan fingerprint density at radius 2 is 2.12 bits per heavy atom. The molecule has 0 bridgehead atoms. The van der Waals surface area contributed by atoms with Gasteiger partial charge in [-0.1, -0.05) is 40.8 Å². The van der Waals surface area contributed by atoms with E-state index in [2.05, 4.69) is 48.0 Å². The lowest BCUT2D eigenvalue weighted by Crippen LogP contribution is -2.22. The standard InChI is InChI=1S/C19H18IN5O/c20-14-7-9-25(12-14)18-16(17-6-8-22-24-17)10-13(11-21-18)19(26)23-15-4-2-1-3-5-15/h1-6,8,10-11,14H,7,9,12H2,(H,22,24)(H,23,26). The van der Waals surface area contributed by atoms with Crippen LogP contribution >= 0.6 is 22.6 Å². The number of aromatic amines is 1. The molecule has 26 heavy (non-hydrogen) atoms. The number of aromatic nitrogens is 3. The number of halogens is 1. The number of nitrogens with zero attached hydrogens (tertiary/aromatic N) is 3. The summed E-state index contributed by atoms with van der Waals surface area (Å²) in [6.07, 6.45) is 4.50. The fourth-order valence-electron chi connectivity index (χ4n) is 3.07. The lowest BCUT2D eigenvalue weighted by molar-refractivity contribution is 0.102. The zero-order valence-electron chi connectivity index (χ0n) is 14.0. The quantitative estimate of drug-likeness (QED) is 0.461. The van der Waals surface area contributed by atoms with Crippen molar-refractivity contribution in [2.75, 3.05) is 23.3 Å². The number of alkyl halides is 1. The summed E-state index contributed by atoms with van der Waals surface area (Å²) in [4.78, 5) is 19.5. The Bertz CT molecular complexity index is 898. The maximum absolute atomic E-state index is 12.6. The van der Waals surface area contributed by atoms with Gasteiger partial charge < -0.3 is 10.2 Å². The van der Waals surface area contributed by atoms with E-state index in [1.54, 1.807) is 12.4 Å². The molecule has 1 atom stereocenters. The van der Waals surface area contributed by atoms with Crippen molar-refractivity contribution < 1.29 is 4.79 Å². The van der Waals surface area contributed by atoms with E-state index in [1.165, 1.54) is 0 Å². The van der Waals surface area contributed by atoms with Gasteiger partial charge in [0, 0.05) is 40.7 Å².